The number of H-pyrrole nitrogens is 1. The number of hydrogen-bond donors (Lipinski definition) is 2. The number of anilines is 2. The summed E-state index contributed by atoms with van der Waals surface area (Å²) in [6.07, 6.45) is 3.88. The number of aryl methyl sites for hydroxylation is 1. The summed E-state index contributed by atoms with van der Waals surface area (Å²) in [5.41, 5.74) is 5.10. The van der Waals surface area contributed by atoms with Crippen molar-refractivity contribution < 1.29 is 17.6 Å². The van der Waals surface area contributed by atoms with Crippen molar-refractivity contribution in [1.29, 1.82) is 0 Å². The van der Waals surface area contributed by atoms with Gasteiger partial charge < -0.3 is 10.2 Å². The average molecular weight is 475 g/mol. The minimum atomic E-state index is -3.58. The number of amides is 1. The van der Waals surface area contributed by atoms with Crippen molar-refractivity contribution in [1.82, 2.24) is 9.55 Å². The third-order valence-corrected chi connectivity index (χ3v) is 6.34. The summed E-state index contributed by atoms with van der Waals surface area (Å²) >= 11 is 0. The number of rotatable bonds is 8. The second-order valence-electron chi connectivity index (χ2n) is 7.72. The van der Waals surface area contributed by atoms with Crippen LogP contribution in [0.15, 0.2) is 55.5 Å². The predicted molar refractivity (Wildman–Crippen MR) is 124 cm³/mol. The number of unbranched alkanes of at least 4 members (excludes halogenated alkanes) is 1. The van der Waals surface area contributed by atoms with Gasteiger partial charge in [0, 0.05) is 18.4 Å². The molecule has 0 saturated carbocycles. The van der Waals surface area contributed by atoms with Crippen molar-refractivity contribution in [2.75, 3.05) is 16.9 Å². The minimum absolute atomic E-state index is 0.0378. The molecule has 0 radical (unpaired) electrons. The van der Waals surface area contributed by atoms with Crippen LogP contribution in [0.2, 0.25) is 0 Å². The summed E-state index contributed by atoms with van der Waals surface area (Å²) < 4.78 is 30.7. The minimum Gasteiger partial charge on any atom is -0.467 e. The molecule has 1 amide bonds. The maximum atomic E-state index is 13.7. The van der Waals surface area contributed by atoms with Gasteiger partial charge in [0.25, 0.3) is 11.5 Å². The molecule has 2 heterocycles. The fourth-order valence-corrected chi connectivity index (χ4v) is 4.04. The van der Waals surface area contributed by atoms with Crippen molar-refractivity contribution in [3.8, 4) is 0 Å². The molecule has 3 rings (SSSR count). The Morgan fingerprint density at radius 3 is 2.58 bits per heavy atom. The molecule has 0 fully saturated rings. The van der Waals surface area contributed by atoms with Crippen molar-refractivity contribution in [2.24, 2.45) is 0 Å². The van der Waals surface area contributed by atoms with Gasteiger partial charge in [-0.2, -0.15) is 0 Å². The van der Waals surface area contributed by atoms with Gasteiger partial charge >= 0.3 is 5.69 Å². The number of nitrogens with two attached hydrogens (primary N) is 1. The van der Waals surface area contributed by atoms with Gasteiger partial charge in [-0.05, 0) is 43.2 Å². The second-order valence-corrected chi connectivity index (χ2v) is 9.73. The summed E-state index contributed by atoms with van der Waals surface area (Å²) in [5.74, 6) is -0.452. The number of benzene rings is 1. The van der Waals surface area contributed by atoms with Gasteiger partial charge in [0.15, 0.2) is 15.5 Å². The Balaban J connectivity index is 2.22. The molecule has 3 N–H and O–H groups in total. The molecule has 33 heavy (non-hydrogen) atoms. The number of nitrogen functional groups attached to an aromatic ring is 1. The largest absolute Gasteiger partial charge is 0.467 e. The molecule has 1 aromatic carbocycles. The van der Waals surface area contributed by atoms with Crippen molar-refractivity contribution in [2.45, 2.75) is 44.7 Å². The lowest BCUT2D eigenvalue weighted by Gasteiger charge is -2.24. The van der Waals surface area contributed by atoms with Crippen molar-refractivity contribution >= 4 is 27.2 Å². The molecule has 0 atom stereocenters. The predicted octanol–water partition coefficient (Wildman–Crippen LogP) is 2.07. The highest BCUT2D eigenvalue weighted by Gasteiger charge is 2.28. The number of sulfone groups is 1. The highest BCUT2D eigenvalue weighted by atomic mass is 32.2. The number of nitrogens with one attached hydrogen (secondary N) is 1. The van der Waals surface area contributed by atoms with Gasteiger partial charge in [0.05, 0.1) is 17.7 Å². The summed E-state index contributed by atoms with van der Waals surface area (Å²) in [4.78, 5) is 42.1. The lowest BCUT2D eigenvalue weighted by Crippen LogP contribution is -2.41. The van der Waals surface area contributed by atoms with Crippen LogP contribution in [-0.2, 0) is 22.9 Å². The zero-order chi connectivity index (χ0) is 24.3. The number of aromatic nitrogens is 2. The number of carbonyl (C=O) groups excluding carboxylic acids is 1. The quantitative estimate of drug-likeness (QED) is 0.507. The number of furan rings is 1. The van der Waals surface area contributed by atoms with E-state index < -0.39 is 27.0 Å². The Kier molecular flexibility index (Phi) is 6.92. The molecule has 10 nitrogen and oxygen atoms in total. The third kappa shape index (κ3) is 5.08. The zero-order valence-corrected chi connectivity index (χ0v) is 19.4. The smallest absolute Gasteiger partial charge is 0.330 e. The highest BCUT2D eigenvalue weighted by molar-refractivity contribution is 7.90. The van der Waals surface area contributed by atoms with E-state index in [1.165, 1.54) is 29.0 Å². The normalized spacial score (nSPS) is 11.5. The topological polar surface area (TPSA) is 148 Å². The number of hydrogen-bond acceptors (Lipinski definition) is 7. The molecule has 2 aromatic heterocycles. The number of aromatic amines is 1. The van der Waals surface area contributed by atoms with E-state index in [-0.39, 0.29) is 35.1 Å². The van der Waals surface area contributed by atoms with Gasteiger partial charge in [0.1, 0.15) is 11.6 Å². The first kappa shape index (κ1) is 24.1. The van der Waals surface area contributed by atoms with Gasteiger partial charge in [-0.1, -0.05) is 19.4 Å². The molecule has 0 bridgehead atoms. The monoisotopic (exact) mass is 474 g/mol. The Bertz CT molecular complexity index is 1390. The molecule has 0 aliphatic rings. The van der Waals surface area contributed by atoms with Crippen LogP contribution in [0.5, 0.6) is 0 Å². The maximum absolute atomic E-state index is 13.7. The van der Waals surface area contributed by atoms with Crippen LogP contribution in [0.3, 0.4) is 0 Å². The van der Waals surface area contributed by atoms with E-state index in [9.17, 15) is 22.8 Å². The zero-order valence-electron chi connectivity index (χ0n) is 18.6. The van der Waals surface area contributed by atoms with E-state index in [0.717, 1.165) is 17.6 Å². The first-order valence-electron chi connectivity index (χ1n) is 10.3. The van der Waals surface area contributed by atoms with E-state index in [0.29, 0.717) is 17.7 Å². The molecule has 0 aliphatic carbocycles. The maximum Gasteiger partial charge on any atom is 0.330 e. The Morgan fingerprint density at radius 1 is 1.24 bits per heavy atom. The van der Waals surface area contributed by atoms with E-state index in [2.05, 4.69) is 4.98 Å². The molecular weight excluding hydrogens is 448 g/mol. The highest BCUT2D eigenvalue weighted by Crippen LogP contribution is 2.25. The second kappa shape index (κ2) is 9.49. The van der Waals surface area contributed by atoms with E-state index in [1.54, 1.807) is 19.1 Å². The van der Waals surface area contributed by atoms with E-state index in [4.69, 9.17) is 10.2 Å². The number of nitrogens with zero attached hydrogens (tertiary/aromatic N) is 2. The van der Waals surface area contributed by atoms with Crippen LogP contribution in [0, 0.1) is 6.92 Å². The van der Waals surface area contributed by atoms with Crippen LogP contribution in [0.1, 0.15) is 41.4 Å². The Morgan fingerprint density at radius 2 is 1.97 bits per heavy atom. The first-order chi connectivity index (χ1) is 15.5. The molecule has 176 valence electrons. The third-order valence-electron chi connectivity index (χ3n) is 5.23. The van der Waals surface area contributed by atoms with Crippen molar-refractivity contribution in [3.05, 3.63) is 74.3 Å². The molecule has 0 saturated heterocycles. The van der Waals surface area contributed by atoms with Gasteiger partial charge in [0.2, 0.25) is 0 Å². The first-order valence-corrected chi connectivity index (χ1v) is 12.2. The van der Waals surface area contributed by atoms with Crippen molar-refractivity contribution in [3.63, 3.8) is 0 Å². The summed E-state index contributed by atoms with van der Waals surface area (Å²) in [7, 11) is -3.58. The Hall–Kier alpha value is -3.60. The summed E-state index contributed by atoms with van der Waals surface area (Å²) in [5, 5.41) is 0. The number of carbonyl (C=O) groups is 1. The molecule has 0 unspecified atom stereocenters. The van der Waals surface area contributed by atoms with Gasteiger partial charge in [-0.15, -0.1) is 0 Å². The van der Waals surface area contributed by atoms with Crippen LogP contribution in [0.4, 0.5) is 11.5 Å². The molecule has 3 aromatic rings. The molecule has 0 spiro atoms. The molecular formula is C22H26N4O6S. The van der Waals surface area contributed by atoms with Crippen LogP contribution in [-0.4, -0.2) is 30.1 Å². The van der Waals surface area contributed by atoms with Crippen LogP contribution in [0.25, 0.3) is 0 Å². The van der Waals surface area contributed by atoms with E-state index in [1.807, 2.05) is 6.92 Å². The Labute approximate surface area is 190 Å². The van der Waals surface area contributed by atoms with Crippen LogP contribution >= 0.6 is 0 Å². The fourth-order valence-electron chi connectivity index (χ4n) is 3.39. The van der Waals surface area contributed by atoms with Gasteiger partial charge in [-0.25, -0.2) is 13.2 Å². The lowest BCUT2D eigenvalue weighted by molar-refractivity contribution is 0.0982. The standard InChI is InChI=1S/C22H26N4O6S/c1-4-5-10-25-19(23)18(20(27)24-22(25)29)26(13-15-7-6-11-32-15)21(28)17-12-16(33(3,30)31)9-8-14(17)2/h6-9,11-12H,4-5,10,13,23H2,1-3H3,(H,24,27,29). The van der Waals surface area contributed by atoms with Crippen LogP contribution < -0.4 is 21.9 Å². The lowest BCUT2D eigenvalue weighted by atomic mass is 10.1. The van der Waals surface area contributed by atoms with E-state index >= 15 is 0 Å². The SMILES string of the molecule is CCCCn1c(N)c(N(Cc2ccco2)C(=O)c2cc(S(C)(=O)=O)ccc2C)c(=O)[nH]c1=O. The summed E-state index contributed by atoms with van der Waals surface area (Å²) in [6, 6.07) is 7.44. The summed E-state index contributed by atoms with van der Waals surface area (Å²) in [6.45, 7) is 3.70. The average Bonchev–Trinajstić information content (AvgIpc) is 3.25. The fraction of sp³-hybridized carbons (Fsp3) is 0.318. The molecule has 11 heteroatoms. The van der Waals surface area contributed by atoms with Gasteiger partial charge in [-0.3, -0.25) is 24.0 Å². The molecule has 0 aliphatic heterocycles.